The average molecular weight is 298 g/mol. The van der Waals surface area contributed by atoms with Crippen LogP contribution in [-0.2, 0) is 10.5 Å². The lowest BCUT2D eigenvalue weighted by molar-refractivity contribution is -0.137. The smallest absolute Gasteiger partial charge is 0.303 e. The van der Waals surface area contributed by atoms with E-state index in [0.29, 0.717) is 5.25 Å². The van der Waals surface area contributed by atoms with Crippen molar-refractivity contribution in [2.45, 2.75) is 43.1 Å². The van der Waals surface area contributed by atoms with Crippen LogP contribution in [0.2, 0.25) is 0 Å². The van der Waals surface area contributed by atoms with E-state index >= 15 is 0 Å². The quantitative estimate of drug-likeness (QED) is 0.501. The summed E-state index contributed by atoms with van der Waals surface area (Å²) >= 11 is 6.27. The fraction of sp³-hybridized carbons (Fsp3) is 0.533. The monoisotopic (exact) mass is 298 g/mol. The zero-order chi connectivity index (χ0) is 13.9. The average Bonchev–Trinajstić information content (AvgIpc) is 2.41. The molecule has 1 unspecified atom stereocenters. The van der Waals surface area contributed by atoms with Crippen LogP contribution in [0.25, 0.3) is 0 Å². The third-order valence-corrected chi connectivity index (χ3v) is 4.65. The molecule has 0 radical (unpaired) electrons. The van der Waals surface area contributed by atoms with Crippen LogP contribution in [0.1, 0.15) is 37.7 Å². The number of thiol groups is 1. The lowest BCUT2D eigenvalue weighted by atomic mass is 10.1. The van der Waals surface area contributed by atoms with E-state index in [4.69, 9.17) is 5.11 Å². The predicted molar refractivity (Wildman–Crippen MR) is 86.1 cm³/mol. The largest absolute Gasteiger partial charge is 0.481 e. The molecule has 0 aromatic heterocycles. The van der Waals surface area contributed by atoms with E-state index in [9.17, 15) is 4.79 Å². The van der Waals surface area contributed by atoms with Crippen LogP contribution in [0.4, 0.5) is 0 Å². The van der Waals surface area contributed by atoms with Gasteiger partial charge in [-0.05, 0) is 30.6 Å². The van der Waals surface area contributed by atoms with Gasteiger partial charge in [-0.1, -0.05) is 36.8 Å². The molecular formula is C15H22O2S2. The van der Waals surface area contributed by atoms with Crippen molar-refractivity contribution in [2.24, 2.45) is 0 Å². The van der Waals surface area contributed by atoms with Crippen molar-refractivity contribution in [3.05, 3.63) is 35.9 Å². The van der Waals surface area contributed by atoms with Gasteiger partial charge >= 0.3 is 5.97 Å². The predicted octanol–water partition coefficient (Wildman–Crippen LogP) is 4.25. The first kappa shape index (κ1) is 16.4. The van der Waals surface area contributed by atoms with Gasteiger partial charge in [-0.2, -0.15) is 24.4 Å². The second-order valence-electron chi connectivity index (χ2n) is 4.57. The van der Waals surface area contributed by atoms with E-state index in [-0.39, 0.29) is 6.42 Å². The van der Waals surface area contributed by atoms with Crippen molar-refractivity contribution in [3.63, 3.8) is 0 Å². The van der Waals surface area contributed by atoms with Gasteiger partial charge in [-0.25, -0.2) is 0 Å². The molecule has 1 aromatic rings. The molecule has 0 amide bonds. The van der Waals surface area contributed by atoms with Crippen LogP contribution in [-0.4, -0.2) is 22.1 Å². The Balaban J connectivity index is 2.25. The zero-order valence-electron chi connectivity index (χ0n) is 11.1. The molecule has 0 fully saturated rings. The van der Waals surface area contributed by atoms with Gasteiger partial charge in [0.15, 0.2) is 0 Å². The number of thioether (sulfide) groups is 1. The molecule has 0 saturated carbocycles. The summed E-state index contributed by atoms with van der Waals surface area (Å²) in [4.78, 5) is 10.5. The Bertz CT molecular complexity index is 354. The van der Waals surface area contributed by atoms with Crippen LogP contribution in [0.3, 0.4) is 0 Å². The van der Waals surface area contributed by atoms with Gasteiger partial charge in [-0.15, -0.1) is 0 Å². The van der Waals surface area contributed by atoms with Crippen molar-refractivity contribution in [3.8, 4) is 0 Å². The van der Waals surface area contributed by atoms with Crippen molar-refractivity contribution in [1.82, 2.24) is 0 Å². The minimum Gasteiger partial charge on any atom is -0.481 e. The first-order valence-corrected chi connectivity index (χ1v) is 8.38. The van der Waals surface area contributed by atoms with Crippen molar-refractivity contribution >= 4 is 30.4 Å². The van der Waals surface area contributed by atoms with Gasteiger partial charge in [0.1, 0.15) is 0 Å². The fourth-order valence-corrected chi connectivity index (χ4v) is 3.62. The molecule has 0 heterocycles. The first-order chi connectivity index (χ1) is 9.22. The second-order valence-corrected chi connectivity index (χ2v) is 6.31. The maximum atomic E-state index is 10.5. The summed E-state index contributed by atoms with van der Waals surface area (Å²) in [6.07, 6.45) is 4.24. The SMILES string of the molecule is O=C(O)CCCCC(CCS)SCc1ccccc1. The highest BCUT2D eigenvalue weighted by Crippen LogP contribution is 2.25. The van der Waals surface area contributed by atoms with Gasteiger partial charge in [-0.3, -0.25) is 4.79 Å². The molecule has 0 spiro atoms. The summed E-state index contributed by atoms with van der Waals surface area (Å²) < 4.78 is 0. The molecule has 0 aliphatic carbocycles. The molecule has 1 rings (SSSR count). The fourth-order valence-electron chi connectivity index (χ4n) is 1.89. The van der Waals surface area contributed by atoms with Crippen molar-refractivity contribution in [2.75, 3.05) is 5.75 Å². The van der Waals surface area contributed by atoms with Gasteiger partial charge in [0.25, 0.3) is 0 Å². The van der Waals surface area contributed by atoms with Crippen LogP contribution in [0.5, 0.6) is 0 Å². The van der Waals surface area contributed by atoms with Gasteiger partial charge < -0.3 is 5.11 Å². The minimum absolute atomic E-state index is 0.289. The summed E-state index contributed by atoms with van der Waals surface area (Å²) in [6, 6.07) is 10.5. The summed E-state index contributed by atoms with van der Waals surface area (Å²) in [6.45, 7) is 0. The Morgan fingerprint density at radius 3 is 2.58 bits per heavy atom. The lowest BCUT2D eigenvalue weighted by Crippen LogP contribution is -2.05. The molecule has 0 bridgehead atoms. The van der Waals surface area contributed by atoms with Gasteiger partial charge in [0.2, 0.25) is 0 Å². The highest BCUT2D eigenvalue weighted by atomic mass is 32.2. The van der Waals surface area contributed by atoms with E-state index in [1.165, 1.54) is 5.56 Å². The zero-order valence-corrected chi connectivity index (χ0v) is 12.8. The Kier molecular flexibility index (Phi) is 8.84. The number of rotatable bonds is 10. The molecule has 0 aliphatic rings. The van der Waals surface area contributed by atoms with E-state index < -0.39 is 5.97 Å². The highest BCUT2D eigenvalue weighted by molar-refractivity contribution is 7.99. The van der Waals surface area contributed by atoms with E-state index in [0.717, 1.165) is 37.2 Å². The van der Waals surface area contributed by atoms with Gasteiger partial charge in [0.05, 0.1) is 0 Å². The first-order valence-electron chi connectivity index (χ1n) is 6.70. The second kappa shape index (κ2) is 10.2. The number of hydrogen-bond acceptors (Lipinski definition) is 3. The topological polar surface area (TPSA) is 37.3 Å². The molecule has 106 valence electrons. The third kappa shape index (κ3) is 8.22. The van der Waals surface area contributed by atoms with Crippen LogP contribution in [0, 0.1) is 0 Å². The number of carboxylic acid groups (broad SMARTS) is 1. The molecule has 4 heteroatoms. The van der Waals surface area contributed by atoms with E-state index in [2.05, 4.69) is 36.9 Å². The molecule has 0 saturated heterocycles. The number of hydrogen-bond donors (Lipinski definition) is 2. The van der Waals surface area contributed by atoms with Crippen molar-refractivity contribution < 1.29 is 9.90 Å². The Morgan fingerprint density at radius 1 is 1.21 bits per heavy atom. The molecule has 1 aromatic carbocycles. The standard InChI is InChI=1S/C15H22O2S2/c16-15(17)9-5-4-8-14(10-11-18)19-12-13-6-2-1-3-7-13/h1-3,6-7,14,18H,4-5,8-12H2,(H,16,17). The van der Waals surface area contributed by atoms with Crippen LogP contribution in [0.15, 0.2) is 30.3 Å². The number of aliphatic carboxylic acids is 1. The maximum Gasteiger partial charge on any atom is 0.303 e. The summed E-state index contributed by atoms with van der Waals surface area (Å²) in [7, 11) is 0. The highest BCUT2D eigenvalue weighted by Gasteiger charge is 2.09. The van der Waals surface area contributed by atoms with E-state index in [1.54, 1.807) is 0 Å². The Morgan fingerprint density at radius 2 is 1.95 bits per heavy atom. The van der Waals surface area contributed by atoms with Crippen molar-refractivity contribution in [1.29, 1.82) is 0 Å². The van der Waals surface area contributed by atoms with Crippen LogP contribution >= 0.6 is 24.4 Å². The molecule has 1 N–H and O–H groups in total. The number of carboxylic acids is 1. The third-order valence-electron chi connectivity index (χ3n) is 2.95. The Labute approximate surface area is 125 Å². The van der Waals surface area contributed by atoms with Gasteiger partial charge in [0, 0.05) is 17.4 Å². The molecular weight excluding hydrogens is 276 g/mol. The molecule has 0 aliphatic heterocycles. The number of carbonyl (C=O) groups is 1. The Hall–Kier alpha value is -0.610. The van der Waals surface area contributed by atoms with Crippen LogP contribution < -0.4 is 0 Å². The lowest BCUT2D eigenvalue weighted by Gasteiger charge is -2.15. The maximum absolute atomic E-state index is 10.5. The number of unbranched alkanes of at least 4 members (excludes halogenated alkanes) is 1. The summed E-state index contributed by atoms with van der Waals surface area (Å²) in [5.41, 5.74) is 1.35. The number of benzene rings is 1. The molecule has 1 atom stereocenters. The summed E-state index contributed by atoms with van der Waals surface area (Å²) in [5.74, 6) is 1.23. The normalized spacial score (nSPS) is 12.3. The minimum atomic E-state index is -0.692. The summed E-state index contributed by atoms with van der Waals surface area (Å²) in [5, 5.41) is 9.21. The molecule has 2 nitrogen and oxygen atoms in total. The van der Waals surface area contributed by atoms with E-state index in [1.807, 2.05) is 17.8 Å². The molecule has 19 heavy (non-hydrogen) atoms.